The van der Waals surface area contributed by atoms with Gasteiger partial charge in [-0.15, -0.1) is 0 Å². The van der Waals surface area contributed by atoms with Crippen LogP contribution in [0.3, 0.4) is 0 Å². The van der Waals surface area contributed by atoms with Crippen LogP contribution in [-0.2, 0) is 25.4 Å². The fourth-order valence-electron chi connectivity index (χ4n) is 4.41. The summed E-state index contributed by atoms with van der Waals surface area (Å²) in [5.74, 6) is -14.2. The Morgan fingerprint density at radius 1 is 1.22 bits per heavy atom. The van der Waals surface area contributed by atoms with Gasteiger partial charge in [-0.2, -0.15) is 0 Å². The molecule has 0 aliphatic carbocycles. The minimum absolute atomic E-state index is 0.0976. The summed E-state index contributed by atoms with van der Waals surface area (Å²) in [6.07, 6.45) is -8.84. The minimum atomic E-state index is -3.87. The van der Waals surface area contributed by atoms with Crippen LogP contribution in [0.2, 0.25) is 0 Å². The SMILES string of the molecule is [2H]/C(=C(/C([2H])(C)C)C([2H])([2H])C([2H])(C)C(=O)OC([2H])([2H])C([2H])(C)N1C([2H])(C)C([2H])([2H])OC([2H])([2H])C1([2H])C)C([2H])(C)c1c(OC)c2c(c(C([2H])([2H])C)c1OC([2H])([2H])[2H])C([2H])(C)OC2=O. The van der Waals surface area contributed by atoms with E-state index in [-0.39, 0.29) is 4.90 Å². The van der Waals surface area contributed by atoms with Gasteiger partial charge >= 0.3 is 11.9 Å². The van der Waals surface area contributed by atoms with Crippen LogP contribution in [0.25, 0.3) is 0 Å². The highest BCUT2D eigenvalue weighted by Crippen LogP contribution is 2.49. The van der Waals surface area contributed by atoms with Gasteiger partial charge in [-0.05, 0) is 46.3 Å². The van der Waals surface area contributed by atoms with Crippen LogP contribution in [0.1, 0.15) is 136 Å². The first-order valence-electron chi connectivity index (χ1n) is 23.1. The third kappa shape index (κ3) is 6.91. The molecular weight excluding hydrogens is 522 g/mol. The van der Waals surface area contributed by atoms with Crippen molar-refractivity contribution in [2.24, 2.45) is 11.8 Å². The molecule has 3 rings (SSSR count). The highest BCUT2D eigenvalue weighted by molar-refractivity contribution is 5.99. The fourth-order valence-corrected chi connectivity index (χ4v) is 4.41. The molecule has 0 amide bonds. The van der Waals surface area contributed by atoms with E-state index in [2.05, 4.69) is 0 Å². The highest BCUT2D eigenvalue weighted by Gasteiger charge is 2.39. The van der Waals surface area contributed by atoms with Crippen molar-refractivity contribution in [1.29, 1.82) is 0 Å². The maximum atomic E-state index is 14.0. The Balaban J connectivity index is 2.42. The molecule has 2 heterocycles. The van der Waals surface area contributed by atoms with E-state index >= 15 is 0 Å². The van der Waals surface area contributed by atoms with E-state index in [1.807, 2.05) is 0 Å². The molecule has 0 aromatic heterocycles. The van der Waals surface area contributed by atoms with E-state index < -0.39 is 139 Å². The number of fused-ring (bicyclic) bond motifs is 1. The quantitative estimate of drug-likeness (QED) is 0.207. The number of rotatable bonds is 12. The summed E-state index contributed by atoms with van der Waals surface area (Å²) < 4.78 is 208. The molecule has 41 heavy (non-hydrogen) atoms. The Morgan fingerprint density at radius 2 is 1.88 bits per heavy atom. The van der Waals surface area contributed by atoms with Crippen molar-refractivity contribution in [1.82, 2.24) is 4.90 Å². The van der Waals surface area contributed by atoms with Gasteiger partial charge in [0.1, 0.15) is 29.7 Å². The molecule has 2 aliphatic rings. The van der Waals surface area contributed by atoms with E-state index in [0.29, 0.717) is 13.8 Å². The lowest BCUT2D eigenvalue weighted by molar-refractivity contribution is -0.151. The van der Waals surface area contributed by atoms with Gasteiger partial charge in [0.15, 0.2) is 0 Å². The molecule has 0 N–H and O–H groups in total. The second-order valence-corrected chi connectivity index (χ2v) is 9.42. The van der Waals surface area contributed by atoms with Crippen LogP contribution in [0.15, 0.2) is 11.6 Å². The molecule has 1 fully saturated rings. The topological polar surface area (TPSA) is 83.5 Å². The molecule has 2 aliphatic heterocycles. The Bertz CT molecular complexity index is 2000. The summed E-state index contributed by atoms with van der Waals surface area (Å²) in [7, 11) is -2.54. The third-order valence-corrected chi connectivity index (χ3v) is 6.27. The van der Waals surface area contributed by atoms with Crippen LogP contribution < -0.4 is 9.47 Å². The van der Waals surface area contributed by atoms with Crippen LogP contribution in [0.4, 0.5) is 0 Å². The van der Waals surface area contributed by atoms with Crippen LogP contribution >= 0.6 is 0 Å². The number of carbonyl (C=O) groups excluding carboxylic acids is 2. The smallest absolute Gasteiger partial charge is 0.342 e. The van der Waals surface area contributed by atoms with Crippen LogP contribution in [-0.4, -0.2) is 68.7 Å². The molecule has 1 saturated heterocycles. The number of allylic oxidation sites excluding steroid dienone is 2. The van der Waals surface area contributed by atoms with Crippen molar-refractivity contribution in [3.8, 4) is 11.5 Å². The molecule has 230 valence electrons. The molecule has 6 atom stereocenters. The first-order chi connectivity index (χ1) is 26.9. The number of hydrogen-bond donors (Lipinski definition) is 0. The number of nitrogens with zero attached hydrogens (tertiary/aromatic N) is 1. The maximum absolute atomic E-state index is 14.0. The first kappa shape index (κ1) is 14.3. The number of hydrogen-bond acceptors (Lipinski definition) is 8. The predicted octanol–water partition coefficient (Wildman–Crippen LogP) is 6.25. The number of morpholine rings is 1. The molecule has 0 radical (unpaired) electrons. The molecule has 1 aromatic rings. The van der Waals surface area contributed by atoms with Crippen LogP contribution in [0.5, 0.6) is 11.5 Å². The van der Waals surface area contributed by atoms with Gasteiger partial charge in [-0.3, -0.25) is 9.69 Å². The van der Waals surface area contributed by atoms with E-state index in [4.69, 9.17) is 47.0 Å². The van der Waals surface area contributed by atoms with E-state index in [1.165, 1.54) is 0 Å². The van der Waals surface area contributed by atoms with Crippen molar-refractivity contribution >= 4 is 11.9 Å². The third-order valence-electron chi connectivity index (χ3n) is 6.27. The fraction of sp³-hybridized carbons (Fsp3) is 0.697. The molecular formula is C33H51NO7. The van der Waals surface area contributed by atoms with Crippen molar-refractivity contribution in [3.05, 3.63) is 33.9 Å². The van der Waals surface area contributed by atoms with Gasteiger partial charge < -0.3 is 23.7 Å². The maximum Gasteiger partial charge on any atom is 0.342 e. The molecule has 8 heteroatoms. The second-order valence-electron chi connectivity index (χ2n) is 9.42. The van der Waals surface area contributed by atoms with Gasteiger partial charge in [0.25, 0.3) is 0 Å². The molecule has 0 spiro atoms. The Hall–Kier alpha value is -2.58. The van der Waals surface area contributed by atoms with E-state index in [9.17, 15) is 15.1 Å². The van der Waals surface area contributed by atoms with Gasteiger partial charge in [0.05, 0.1) is 49.6 Å². The summed E-state index contributed by atoms with van der Waals surface area (Å²) in [5.41, 5.74) is -4.15. The van der Waals surface area contributed by atoms with Gasteiger partial charge in [0.2, 0.25) is 0 Å². The first-order valence-corrected chi connectivity index (χ1v) is 12.6. The number of benzene rings is 1. The number of esters is 2. The average molecular weight is 595 g/mol. The second kappa shape index (κ2) is 14.1. The van der Waals surface area contributed by atoms with E-state index in [0.717, 1.165) is 55.6 Å². The average Bonchev–Trinajstić information content (AvgIpc) is 3.23. The monoisotopic (exact) mass is 594 g/mol. The number of methoxy groups -OCH3 is 2. The van der Waals surface area contributed by atoms with Crippen molar-refractivity contribution in [2.75, 3.05) is 33.8 Å². The molecule has 6 unspecified atom stereocenters. The summed E-state index contributed by atoms with van der Waals surface area (Å²) >= 11 is 0. The summed E-state index contributed by atoms with van der Waals surface area (Å²) in [4.78, 5) is 27.5. The molecule has 0 bridgehead atoms. The zero-order valence-electron chi connectivity index (χ0n) is 45.8. The van der Waals surface area contributed by atoms with Gasteiger partial charge in [-0.1, -0.05) is 46.2 Å². The Labute approximate surface area is 276 Å². The molecule has 0 saturated carbocycles. The number of cyclic esters (lactones) is 1. The lowest BCUT2D eigenvalue weighted by atomic mass is 9.84. The summed E-state index contributed by atoms with van der Waals surface area (Å²) in [6.45, 7) is -3.26. The lowest BCUT2D eigenvalue weighted by Crippen LogP contribution is -2.54. The Kier molecular flexibility index (Phi) is 4.89. The minimum Gasteiger partial charge on any atom is -0.496 e. The largest absolute Gasteiger partial charge is 0.496 e. The zero-order valence-corrected chi connectivity index (χ0v) is 24.8. The lowest BCUT2D eigenvalue weighted by Gasteiger charge is -2.42. The molecule has 8 nitrogen and oxygen atoms in total. The van der Waals surface area contributed by atoms with Gasteiger partial charge in [-0.25, -0.2) is 4.79 Å². The van der Waals surface area contributed by atoms with Crippen molar-refractivity contribution < 1.29 is 62.1 Å². The normalized spacial score (nSPS) is 43.1. The van der Waals surface area contributed by atoms with Crippen molar-refractivity contribution in [3.63, 3.8) is 0 Å². The summed E-state index contributed by atoms with van der Waals surface area (Å²) in [5, 5.41) is 0. The van der Waals surface area contributed by atoms with Crippen molar-refractivity contribution in [2.45, 2.75) is 105 Å². The Morgan fingerprint density at radius 3 is 2.44 bits per heavy atom. The number of carbonyl (C=O) groups is 2. The zero-order chi connectivity index (χ0) is 49.4. The van der Waals surface area contributed by atoms with Gasteiger partial charge in [0, 0.05) is 53.0 Å². The standard InChI is InChI=1S/C33H51NO7/c1-12-26-28-24(9)41-33(36)29(28)31(38-11)27(30(26)37-10)19(4)13-25(18(2)3)14-20(5)32(35)40-17-23(8)34-21(6)15-39-16-22(34)7/h13,18-24H,12,14-17H2,1-11H3/b25-13-/i10D3,12D2,13D,14D2,15D2,16D2,17D2,18D,19D,20D,21D,22D,23D,24D. The summed E-state index contributed by atoms with van der Waals surface area (Å²) in [6, 6.07) is -10.6. The van der Waals surface area contributed by atoms with E-state index in [1.54, 1.807) is 0 Å². The van der Waals surface area contributed by atoms with Crippen LogP contribution in [0, 0.1) is 11.8 Å². The predicted molar refractivity (Wildman–Crippen MR) is 160 cm³/mol. The molecule has 1 aromatic carbocycles. The number of ether oxygens (including phenoxy) is 5. The highest BCUT2D eigenvalue weighted by atomic mass is 16.6.